The highest BCUT2D eigenvalue weighted by molar-refractivity contribution is 7.99. The van der Waals surface area contributed by atoms with E-state index in [-0.39, 0.29) is 11.4 Å². The maximum Gasteiger partial charge on any atom is 0.417 e. The fourth-order valence-corrected chi connectivity index (χ4v) is 8.32. The van der Waals surface area contributed by atoms with Crippen molar-refractivity contribution in [3.63, 3.8) is 0 Å². The van der Waals surface area contributed by atoms with Crippen molar-refractivity contribution in [3.05, 3.63) is 35.0 Å². The zero-order chi connectivity index (χ0) is 29.7. The van der Waals surface area contributed by atoms with Crippen LogP contribution in [0.15, 0.2) is 23.1 Å². The van der Waals surface area contributed by atoms with Crippen LogP contribution in [0.1, 0.15) is 74.6 Å². The Bertz CT molecular complexity index is 1300. The molecule has 1 aromatic carbocycles. The molecule has 0 atom stereocenters. The SMILES string of the molecule is CS(=O)(=O)N1CCc2c(c(-c3ccc(C(F)(F)F)c(SCCNC4CCCCC4)c3)nn2CCCN2CCCCC2)C1. The molecule has 5 rings (SSSR count). The molecule has 1 saturated heterocycles. The third-order valence-corrected chi connectivity index (χ3v) is 11.1. The van der Waals surface area contributed by atoms with Crippen LogP contribution in [0, 0.1) is 0 Å². The van der Waals surface area contributed by atoms with E-state index in [9.17, 15) is 21.6 Å². The van der Waals surface area contributed by atoms with E-state index in [0.717, 1.165) is 56.2 Å². The van der Waals surface area contributed by atoms with Gasteiger partial charge in [-0.1, -0.05) is 31.7 Å². The van der Waals surface area contributed by atoms with E-state index in [1.54, 1.807) is 6.07 Å². The number of nitrogens with one attached hydrogen (secondary N) is 1. The number of sulfonamides is 1. The molecule has 1 N–H and O–H groups in total. The van der Waals surface area contributed by atoms with Crippen LogP contribution in [0.3, 0.4) is 0 Å². The van der Waals surface area contributed by atoms with Gasteiger partial charge in [0, 0.05) is 66.1 Å². The fraction of sp³-hybridized carbons (Fsp3) is 0.700. The lowest BCUT2D eigenvalue weighted by Crippen LogP contribution is -2.35. The zero-order valence-corrected chi connectivity index (χ0v) is 26.2. The minimum Gasteiger partial charge on any atom is -0.313 e. The number of thioether (sulfide) groups is 1. The number of rotatable bonds is 11. The molecule has 234 valence electrons. The molecule has 1 aliphatic carbocycles. The standard InChI is InChI=1S/C30H44F3N5O2S2/c1-42(39,40)37-19-13-27-25(22-37)29(35-38(27)18-8-17-36-15-6-3-7-16-36)23-11-12-26(30(31,32)33)28(21-23)41-20-14-34-24-9-4-2-5-10-24/h11-12,21,24,34H,2-10,13-20,22H2,1H3. The summed E-state index contributed by atoms with van der Waals surface area (Å²) in [6.45, 7) is 5.14. The number of hydrogen-bond donors (Lipinski definition) is 1. The number of piperidine rings is 1. The molecule has 0 radical (unpaired) electrons. The quantitative estimate of drug-likeness (QED) is 0.252. The maximum atomic E-state index is 14.0. The highest BCUT2D eigenvalue weighted by Gasteiger charge is 2.35. The fourth-order valence-electron chi connectivity index (χ4n) is 6.55. The lowest BCUT2D eigenvalue weighted by Gasteiger charge is -2.27. The third-order valence-electron chi connectivity index (χ3n) is 8.82. The van der Waals surface area contributed by atoms with Gasteiger partial charge in [-0.15, -0.1) is 11.8 Å². The average Bonchev–Trinajstić information content (AvgIpc) is 3.33. The lowest BCUT2D eigenvalue weighted by molar-refractivity contribution is -0.139. The monoisotopic (exact) mass is 627 g/mol. The summed E-state index contributed by atoms with van der Waals surface area (Å²) in [6.07, 6.45) is 7.87. The largest absolute Gasteiger partial charge is 0.417 e. The Morgan fingerprint density at radius 2 is 1.76 bits per heavy atom. The van der Waals surface area contributed by atoms with E-state index in [0.29, 0.717) is 49.1 Å². The second kappa shape index (κ2) is 14.0. The molecule has 0 unspecified atom stereocenters. The Hall–Kier alpha value is -1.60. The molecule has 12 heteroatoms. The summed E-state index contributed by atoms with van der Waals surface area (Å²) >= 11 is 1.22. The minimum absolute atomic E-state index is 0.185. The Kier molecular flexibility index (Phi) is 10.6. The van der Waals surface area contributed by atoms with E-state index in [2.05, 4.69) is 10.2 Å². The van der Waals surface area contributed by atoms with Crippen LogP contribution in [-0.4, -0.2) is 78.2 Å². The normalized spacial score (nSPS) is 19.7. The summed E-state index contributed by atoms with van der Waals surface area (Å²) in [4.78, 5) is 2.67. The van der Waals surface area contributed by atoms with Gasteiger partial charge in [-0.25, -0.2) is 8.42 Å². The van der Waals surface area contributed by atoms with E-state index in [1.165, 1.54) is 66.9 Å². The molecule has 2 fully saturated rings. The van der Waals surface area contributed by atoms with E-state index in [4.69, 9.17) is 5.10 Å². The Morgan fingerprint density at radius 1 is 1.02 bits per heavy atom. The molecule has 0 bridgehead atoms. The van der Waals surface area contributed by atoms with Crippen molar-refractivity contribution in [3.8, 4) is 11.3 Å². The first-order chi connectivity index (χ1) is 20.1. The van der Waals surface area contributed by atoms with Crippen molar-refractivity contribution in [2.45, 2.75) is 94.4 Å². The van der Waals surface area contributed by atoms with Crippen molar-refractivity contribution in [1.29, 1.82) is 0 Å². The molecule has 1 aromatic heterocycles. The van der Waals surface area contributed by atoms with Gasteiger partial charge in [0.05, 0.1) is 17.5 Å². The van der Waals surface area contributed by atoms with Crippen molar-refractivity contribution in [2.24, 2.45) is 0 Å². The molecule has 2 aliphatic heterocycles. The van der Waals surface area contributed by atoms with Gasteiger partial charge in [-0.05, 0) is 63.9 Å². The van der Waals surface area contributed by atoms with Crippen LogP contribution < -0.4 is 5.32 Å². The number of fused-ring (bicyclic) bond motifs is 1. The Labute approximate surface area is 252 Å². The zero-order valence-electron chi connectivity index (χ0n) is 24.6. The second-order valence-electron chi connectivity index (χ2n) is 11.9. The Morgan fingerprint density at radius 3 is 2.48 bits per heavy atom. The van der Waals surface area contributed by atoms with Crippen molar-refractivity contribution < 1.29 is 21.6 Å². The van der Waals surface area contributed by atoms with Gasteiger partial charge in [-0.3, -0.25) is 4.68 Å². The smallest absolute Gasteiger partial charge is 0.313 e. The number of aryl methyl sites for hydroxylation is 1. The van der Waals surface area contributed by atoms with Crippen molar-refractivity contribution in [2.75, 3.05) is 44.7 Å². The Balaban J connectivity index is 1.38. The molecule has 0 amide bonds. The topological polar surface area (TPSA) is 70.5 Å². The molecule has 0 spiro atoms. The van der Waals surface area contributed by atoms with Gasteiger partial charge in [0.2, 0.25) is 10.0 Å². The van der Waals surface area contributed by atoms with Gasteiger partial charge < -0.3 is 10.2 Å². The molecule has 3 heterocycles. The highest BCUT2D eigenvalue weighted by atomic mass is 32.2. The molecular formula is C30H44F3N5O2S2. The number of aromatic nitrogens is 2. The predicted octanol–water partition coefficient (Wildman–Crippen LogP) is 5.78. The van der Waals surface area contributed by atoms with Crippen molar-refractivity contribution >= 4 is 21.8 Å². The first-order valence-electron chi connectivity index (χ1n) is 15.4. The van der Waals surface area contributed by atoms with Gasteiger partial charge in [0.25, 0.3) is 0 Å². The number of likely N-dealkylation sites (tertiary alicyclic amines) is 1. The van der Waals surface area contributed by atoms with Gasteiger partial charge in [0.15, 0.2) is 0 Å². The van der Waals surface area contributed by atoms with Crippen LogP contribution in [0.4, 0.5) is 13.2 Å². The summed E-state index contributed by atoms with van der Waals surface area (Å²) in [5.41, 5.74) is 2.36. The lowest BCUT2D eigenvalue weighted by atomic mass is 9.96. The summed E-state index contributed by atoms with van der Waals surface area (Å²) in [6, 6.07) is 4.71. The van der Waals surface area contributed by atoms with Crippen LogP contribution in [0.25, 0.3) is 11.3 Å². The number of halogens is 3. The number of benzene rings is 1. The molecular weight excluding hydrogens is 583 g/mol. The molecule has 1 saturated carbocycles. The summed E-state index contributed by atoms with van der Waals surface area (Å²) < 4.78 is 70.3. The van der Waals surface area contributed by atoms with Crippen molar-refractivity contribution in [1.82, 2.24) is 24.3 Å². The van der Waals surface area contributed by atoms with E-state index in [1.807, 2.05) is 4.68 Å². The second-order valence-corrected chi connectivity index (χ2v) is 15.1. The third kappa shape index (κ3) is 8.11. The minimum atomic E-state index is -4.46. The van der Waals surface area contributed by atoms with Gasteiger partial charge >= 0.3 is 6.18 Å². The maximum absolute atomic E-state index is 14.0. The molecule has 2 aromatic rings. The van der Waals surface area contributed by atoms with E-state index < -0.39 is 21.8 Å². The summed E-state index contributed by atoms with van der Waals surface area (Å²) in [5.74, 6) is 0.536. The predicted molar refractivity (Wildman–Crippen MR) is 162 cm³/mol. The summed E-state index contributed by atoms with van der Waals surface area (Å²) in [7, 11) is -3.42. The first kappa shape index (κ1) is 31.8. The van der Waals surface area contributed by atoms with Crippen LogP contribution in [0.2, 0.25) is 0 Å². The van der Waals surface area contributed by atoms with Crippen LogP contribution in [-0.2, 0) is 35.7 Å². The molecule has 42 heavy (non-hydrogen) atoms. The van der Waals surface area contributed by atoms with Gasteiger partial charge in [0.1, 0.15) is 0 Å². The number of hydrogen-bond acceptors (Lipinski definition) is 6. The molecule has 3 aliphatic rings. The van der Waals surface area contributed by atoms with Crippen LogP contribution in [0.5, 0.6) is 0 Å². The van der Waals surface area contributed by atoms with Gasteiger partial charge in [-0.2, -0.15) is 22.6 Å². The summed E-state index contributed by atoms with van der Waals surface area (Å²) in [5, 5.41) is 8.44. The molecule has 7 nitrogen and oxygen atoms in total. The number of nitrogens with zero attached hydrogens (tertiary/aromatic N) is 4. The average molecular weight is 628 g/mol. The number of alkyl halides is 3. The van der Waals surface area contributed by atoms with E-state index >= 15 is 0 Å². The van der Waals surface area contributed by atoms with Crippen LogP contribution >= 0.6 is 11.8 Å². The highest BCUT2D eigenvalue weighted by Crippen LogP contribution is 2.40. The first-order valence-corrected chi connectivity index (χ1v) is 18.3.